The summed E-state index contributed by atoms with van der Waals surface area (Å²) in [6, 6.07) is 2.12. The summed E-state index contributed by atoms with van der Waals surface area (Å²) in [5.41, 5.74) is -1.62. The zero-order chi connectivity index (χ0) is 14.2. The minimum absolute atomic E-state index is 0.0814. The fourth-order valence-corrected chi connectivity index (χ4v) is 1.71. The predicted octanol–water partition coefficient (Wildman–Crippen LogP) is 2.27. The average molecular weight is 273 g/mol. The van der Waals surface area contributed by atoms with Crippen LogP contribution in [0.15, 0.2) is 23.8 Å². The van der Waals surface area contributed by atoms with E-state index in [-0.39, 0.29) is 17.6 Å². The fraction of sp³-hybridized carbons (Fsp3) is 0.167. The Morgan fingerprint density at radius 3 is 2.42 bits per heavy atom. The van der Waals surface area contributed by atoms with Crippen molar-refractivity contribution in [3.05, 3.63) is 40.7 Å². The molecule has 19 heavy (non-hydrogen) atoms. The van der Waals surface area contributed by atoms with Crippen LogP contribution in [0.4, 0.5) is 17.6 Å². The van der Waals surface area contributed by atoms with E-state index in [9.17, 15) is 27.2 Å². The zero-order valence-electron chi connectivity index (χ0n) is 9.34. The van der Waals surface area contributed by atoms with Crippen molar-refractivity contribution in [2.45, 2.75) is 12.6 Å². The monoisotopic (exact) mass is 273 g/mol. The molecule has 0 saturated carbocycles. The van der Waals surface area contributed by atoms with Gasteiger partial charge in [-0.3, -0.25) is 14.9 Å². The van der Waals surface area contributed by atoms with Gasteiger partial charge >= 0.3 is 6.18 Å². The van der Waals surface area contributed by atoms with Gasteiger partial charge in [-0.1, -0.05) is 6.07 Å². The molecule has 0 aliphatic carbocycles. The quantitative estimate of drug-likeness (QED) is 0.484. The van der Waals surface area contributed by atoms with Gasteiger partial charge in [0.25, 0.3) is 5.91 Å². The third kappa shape index (κ3) is 2.81. The summed E-state index contributed by atoms with van der Waals surface area (Å²) < 4.78 is 51.0. The van der Waals surface area contributed by atoms with Crippen molar-refractivity contribution in [3.8, 4) is 0 Å². The molecule has 1 aliphatic heterocycles. The molecule has 7 heteroatoms. The van der Waals surface area contributed by atoms with E-state index in [0.29, 0.717) is 6.07 Å². The van der Waals surface area contributed by atoms with Crippen LogP contribution in [0.3, 0.4) is 0 Å². The number of amides is 2. The summed E-state index contributed by atoms with van der Waals surface area (Å²) in [6.07, 6.45) is -4.08. The summed E-state index contributed by atoms with van der Waals surface area (Å²) in [5.74, 6) is -2.34. The molecule has 1 saturated heterocycles. The Kier molecular flexibility index (Phi) is 3.13. The SMILES string of the molecule is O=C1C/C(=C/c2ccc(F)cc2C(F)(F)F)C(=O)N1. The molecule has 0 unspecified atom stereocenters. The van der Waals surface area contributed by atoms with Crippen molar-refractivity contribution in [1.29, 1.82) is 0 Å². The Morgan fingerprint density at radius 2 is 1.89 bits per heavy atom. The summed E-state index contributed by atoms with van der Waals surface area (Å²) in [4.78, 5) is 22.2. The standard InChI is InChI=1S/C12H7F4NO2/c13-8-2-1-6(9(5-8)12(14,15)16)3-7-4-10(18)17-11(7)19/h1-3,5H,4H2,(H,17,18,19)/b7-3-. The van der Waals surface area contributed by atoms with Crippen LogP contribution in [0.25, 0.3) is 6.08 Å². The van der Waals surface area contributed by atoms with Crippen molar-refractivity contribution in [3.63, 3.8) is 0 Å². The largest absolute Gasteiger partial charge is 0.417 e. The van der Waals surface area contributed by atoms with Crippen molar-refractivity contribution >= 4 is 17.9 Å². The molecule has 0 spiro atoms. The van der Waals surface area contributed by atoms with Crippen LogP contribution in [0, 0.1) is 5.82 Å². The molecule has 0 atom stereocenters. The Labute approximate surface area is 104 Å². The highest BCUT2D eigenvalue weighted by Crippen LogP contribution is 2.34. The highest BCUT2D eigenvalue weighted by atomic mass is 19.4. The number of halogens is 4. The van der Waals surface area contributed by atoms with Crippen molar-refractivity contribution in [1.82, 2.24) is 5.32 Å². The molecule has 1 heterocycles. The number of carbonyl (C=O) groups is 2. The Bertz CT molecular complexity index is 590. The van der Waals surface area contributed by atoms with Crippen LogP contribution in [-0.2, 0) is 15.8 Å². The molecule has 1 aromatic rings. The molecule has 100 valence electrons. The lowest BCUT2D eigenvalue weighted by Crippen LogP contribution is -2.19. The molecule has 2 amide bonds. The topological polar surface area (TPSA) is 46.2 Å². The number of hydrogen-bond acceptors (Lipinski definition) is 2. The molecule has 0 aromatic heterocycles. The van der Waals surface area contributed by atoms with E-state index < -0.39 is 29.4 Å². The first-order valence-corrected chi connectivity index (χ1v) is 5.19. The van der Waals surface area contributed by atoms with Crippen LogP contribution in [0.1, 0.15) is 17.5 Å². The van der Waals surface area contributed by atoms with Gasteiger partial charge in [0.2, 0.25) is 5.91 Å². The number of alkyl halides is 3. The lowest BCUT2D eigenvalue weighted by Gasteiger charge is -2.10. The van der Waals surface area contributed by atoms with Crippen LogP contribution in [-0.4, -0.2) is 11.8 Å². The second-order valence-electron chi connectivity index (χ2n) is 3.95. The first-order chi connectivity index (χ1) is 8.77. The minimum atomic E-state index is -4.74. The van der Waals surface area contributed by atoms with Gasteiger partial charge in [-0.05, 0) is 23.8 Å². The molecule has 1 fully saturated rings. The normalized spacial score (nSPS) is 18.0. The average Bonchev–Trinajstić information content (AvgIpc) is 2.58. The number of rotatable bonds is 1. The van der Waals surface area contributed by atoms with Gasteiger partial charge in [-0.15, -0.1) is 0 Å². The summed E-state index contributed by atoms with van der Waals surface area (Å²) in [5, 5.41) is 1.96. The maximum atomic E-state index is 12.9. The lowest BCUT2D eigenvalue weighted by atomic mass is 10.0. The second-order valence-corrected chi connectivity index (χ2v) is 3.95. The predicted molar refractivity (Wildman–Crippen MR) is 57.1 cm³/mol. The van der Waals surface area contributed by atoms with Gasteiger partial charge in [0.15, 0.2) is 0 Å². The Morgan fingerprint density at radius 1 is 1.21 bits per heavy atom. The molecule has 1 aliphatic rings. The van der Waals surface area contributed by atoms with Crippen LogP contribution in [0.5, 0.6) is 0 Å². The Hall–Kier alpha value is -2.18. The number of imide groups is 1. The number of hydrogen-bond donors (Lipinski definition) is 1. The first-order valence-electron chi connectivity index (χ1n) is 5.19. The van der Waals surface area contributed by atoms with Crippen LogP contribution < -0.4 is 5.32 Å². The molecular weight excluding hydrogens is 266 g/mol. The fourth-order valence-electron chi connectivity index (χ4n) is 1.71. The molecule has 2 rings (SSSR count). The van der Waals surface area contributed by atoms with Crippen molar-refractivity contribution in [2.24, 2.45) is 0 Å². The lowest BCUT2D eigenvalue weighted by molar-refractivity contribution is -0.138. The van der Waals surface area contributed by atoms with E-state index in [0.717, 1.165) is 18.2 Å². The van der Waals surface area contributed by atoms with Gasteiger partial charge in [0.05, 0.1) is 12.0 Å². The van der Waals surface area contributed by atoms with E-state index in [4.69, 9.17) is 0 Å². The second kappa shape index (κ2) is 4.49. The number of carbonyl (C=O) groups excluding carboxylic acids is 2. The molecule has 1 N–H and O–H groups in total. The zero-order valence-corrected chi connectivity index (χ0v) is 9.34. The molecule has 1 aromatic carbocycles. The van der Waals surface area contributed by atoms with Crippen LogP contribution >= 0.6 is 0 Å². The van der Waals surface area contributed by atoms with Gasteiger partial charge in [0.1, 0.15) is 5.82 Å². The molecule has 0 bridgehead atoms. The third-order valence-electron chi connectivity index (χ3n) is 2.55. The maximum absolute atomic E-state index is 12.9. The molecule has 0 radical (unpaired) electrons. The van der Waals surface area contributed by atoms with Crippen molar-refractivity contribution in [2.75, 3.05) is 0 Å². The molecule has 3 nitrogen and oxygen atoms in total. The maximum Gasteiger partial charge on any atom is 0.417 e. The molecular formula is C12H7F4NO2. The van der Waals surface area contributed by atoms with E-state index in [1.165, 1.54) is 0 Å². The third-order valence-corrected chi connectivity index (χ3v) is 2.55. The van der Waals surface area contributed by atoms with Crippen molar-refractivity contribution < 1.29 is 27.2 Å². The highest BCUT2D eigenvalue weighted by molar-refractivity contribution is 6.15. The first kappa shape index (κ1) is 13.3. The number of benzene rings is 1. The van der Waals surface area contributed by atoms with E-state index >= 15 is 0 Å². The van der Waals surface area contributed by atoms with Gasteiger partial charge in [-0.25, -0.2) is 4.39 Å². The summed E-state index contributed by atoms with van der Waals surface area (Å²) in [7, 11) is 0. The van der Waals surface area contributed by atoms with Gasteiger partial charge in [-0.2, -0.15) is 13.2 Å². The minimum Gasteiger partial charge on any atom is -0.292 e. The summed E-state index contributed by atoms with van der Waals surface area (Å²) in [6.45, 7) is 0. The van der Waals surface area contributed by atoms with Crippen LogP contribution in [0.2, 0.25) is 0 Å². The van der Waals surface area contributed by atoms with E-state index in [2.05, 4.69) is 0 Å². The van der Waals surface area contributed by atoms with Gasteiger partial charge < -0.3 is 0 Å². The smallest absolute Gasteiger partial charge is 0.292 e. The Balaban J connectivity index is 2.49. The number of nitrogens with one attached hydrogen (secondary N) is 1. The highest BCUT2D eigenvalue weighted by Gasteiger charge is 2.34. The van der Waals surface area contributed by atoms with E-state index in [1.807, 2.05) is 5.32 Å². The van der Waals surface area contributed by atoms with Gasteiger partial charge in [0, 0.05) is 5.57 Å². The summed E-state index contributed by atoms with van der Waals surface area (Å²) >= 11 is 0. The van der Waals surface area contributed by atoms with E-state index in [1.54, 1.807) is 0 Å².